The SMILES string of the molecule is O=C(Oc1ccc2c3c(c(=O)oc2c1)CCC3)c1ccc(Cl)cc1. The summed E-state index contributed by atoms with van der Waals surface area (Å²) in [5.41, 5.74) is 2.37. The first kappa shape index (κ1) is 15.0. The summed E-state index contributed by atoms with van der Waals surface area (Å²) in [5, 5.41) is 1.46. The van der Waals surface area contributed by atoms with Gasteiger partial charge in [-0.15, -0.1) is 0 Å². The van der Waals surface area contributed by atoms with Crippen molar-refractivity contribution in [1.82, 2.24) is 0 Å². The molecule has 4 rings (SSSR count). The molecule has 1 aromatic heterocycles. The number of esters is 1. The molecule has 1 aliphatic carbocycles. The second-order valence-electron chi connectivity index (χ2n) is 5.75. The Bertz CT molecular complexity index is 1000. The highest BCUT2D eigenvalue weighted by molar-refractivity contribution is 6.30. The molecule has 0 unspecified atom stereocenters. The van der Waals surface area contributed by atoms with Crippen molar-refractivity contribution < 1.29 is 13.9 Å². The number of benzene rings is 2. The fourth-order valence-corrected chi connectivity index (χ4v) is 3.21. The van der Waals surface area contributed by atoms with Gasteiger partial charge in [0, 0.05) is 22.0 Å². The van der Waals surface area contributed by atoms with Gasteiger partial charge < -0.3 is 9.15 Å². The number of hydrogen-bond acceptors (Lipinski definition) is 4. The Morgan fingerprint density at radius 3 is 2.58 bits per heavy atom. The number of rotatable bonds is 2. The number of carbonyl (C=O) groups is 1. The Morgan fingerprint density at radius 1 is 1.04 bits per heavy atom. The Kier molecular flexibility index (Phi) is 3.62. The van der Waals surface area contributed by atoms with Gasteiger partial charge in [-0.05, 0) is 61.2 Å². The highest BCUT2D eigenvalue weighted by Crippen LogP contribution is 2.29. The van der Waals surface area contributed by atoms with Crippen LogP contribution < -0.4 is 10.4 Å². The summed E-state index contributed by atoms with van der Waals surface area (Å²) in [6.07, 6.45) is 2.61. The summed E-state index contributed by atoms with van der Waals surface area (Å²) in [6, 6.07) is 11.6. The van der Waals surface area contributed by atoms with Crippen LogP contribution >= 0.6 is 11.6 Å². The van der Waals surface area contributed by atoms with Gasteiger partial charge >= 0.3 is 11.6 Å². The molecule has 0 N–H and O–H groups in total. The third-order valence-electron chi connectivity index (χ3n) is 4.24. The molecule has 0 amide bonds. The molecule has 0 aliphatic heterocycles. The smallest absolute Gasteiger partial charge is 0.343 e. The van der Waals surface area contributed by atoms with Gasteiger partial charge in [0.2, 0.25) is 0 Å². The standard InChI is InChI=1S/C19H13ClO4/c20-12-6-4-11(5-7-12)18(21)23-13-8-9-15-14-2-1-3-16(14)19(22)24-17(15)10-13/h4-10H,1-3H2. The Balaban J connectivity index is 1.68. The second kappa shape index (κ2) is 5.80. The van der Waals surface area contributed by atoms with Crippen LogP contribution in [0.1, 0.15) is 27.9 Å². The molecule has 0 bridgehead atoms. The van der Waals surface area contributed by atoms with E-state index in [-0.39, 0.29) is 5.63 Å². The van der Waals surface area contributed by atoms with Crippen molar-refractivity contribution >= 4 is 28.5 Å². The molecule has 0 radical (unpaired) electrons. The molecular formula is C19H13ClO4. The van der Waals surface area contributed by atoms with E-state index in [1.165, 1.54) is 0 Å². The molecule has 2 aromatic carbocycles. The summed E-state index contributed by atoms with van der Waals surface area (Å²) >= 11 is 5.81. The zero-order valence-electron chi connectivity index (χ0n) is 12.7. The van der Waals surface area contributed by atoms with Crippen molar-refractivity contribution in [3.8, 4) is 5.75 Å². The van der Waals surface area contributed by atoms with E-state index in [2.05, 4.69) is 0 Å². The predicted octanol–water partition coefficient (Wildman–Crippen LogP) is 4.15. The third kappa shape index (κ3) is 2.59. The van der Waals surface area contributed by atoms with E-state index < -0.39 is 5.97 Å². The van der Waals surface area contributed by atoms with Crippen LogP contribution in [0, 0.1) is 0 Å². The molecule has 24 heavy (non-hydrogen) atoms. The molecule has 4 nitrogen and oxygen atoms in total. The van der Waals surface area contributed by atoms with E-state index >= 15 is 0 Å². The highest BCUT2D eigenvalue weighted by Gasteiger charge is 2.20. The minimum atomic E-state index is -0.491. The minimum Gasteiger partial charge on any atom is -0.423 e. The predicted molar refractivity (Wildman–Crippen MR) is 90.9 cm³/mol. The first-order valence-electron chi connectivity index (χ1n) is 7.68. The van der Waals surface area contributed by atoms with E-state index in [1.807, 2.05) is 6.07 Å². The van der Waals surface area contributed by atoms with Gasteiger partial charge in [0.1, 0.15) is 11.3 Å². The minimum absolute atomic E-state index is 0.295. The second-order valence-corrected chi connectivity index (χ2v) is 6.19. The van der Waals surface area contributed by atoms with Crippen molar-refractivity contribution in [2.75, 3.05) is 0 Å². The van der Waals surface area contributed by atoms with Crippen molar-refractivity contribution in [1.29, 1.82) is 0 Å². The monoisotopic (exact) mass is 340 g/mol. The van der Waals surface area contributed by atoms with Gasteiger partial charge in [-0.3, -0.25) is 0 Å². The van der Waals surface area contributed by atoms with Crippen LogP contribution in [-0.2, 0) is 12.8 Å². The number of ether oxygens (including phenoxy) is 1. The number of fused-ring (bicyclic) bond motifs is 3. The molecule has 3 aromatic rings. The largest absolute Gasteiger partial charge is 0.423 e. The summed E-state index contributed by atoms with van der Waals surface area (Å²) < 4.78 is 10.7. The lowest BCUT2D eigenvalue weighted by Gasteiger charge is -2.07. The van der Waals surface area contributed by atoms with Crippen LogP contribution in [-0.4, -0.2) is 5.97 Å². The summed E-state index contributed by atoms with van der Waals surface area (Å²) in [6.45, 7) is 0. The van der Waals surface area contributed by atoms with Crippen LogP contribution in [0.15, 0.2) is 51.7 Å². The molecular weight excluding hydrogens is 328 g/mol. The zero-order valence-corrected chi connectivity index (χ0v) is 13.4. The molecule has 0 fully saturated rings. The van der Waals surface area contributed by atoms with E-state index in [0.29, 0.717) is 21.9 Å². The lowest BCUT2D eigenvalue weighted by Crippen LogP contribution is -2.09. The zero-order chi connectivity index (χ0) is 16.7. The molecule has 0 saturated carbocycles. The van der Waals surface area contributed by atoms with Crippen LogP contribution in [0.5, 0.6) is 5.75 Å². The first-order valence-corrected chi connectivity index (χ1v) is 8.06. The summed E-state index contributed by atoms with van der Waals surface area (Å²) in [4.78, 5) is 24.2. The lowest BCUT2D eigenvalue weighted by molar-refractivity contribution is 0.0735. The number of halogens is 1. The molecule has 1 heterocycles. The van der Waals surface area contributed by atoms with E-state index in [1.54, 1.807) is 36.4 Å². The Hall–Kier alpha value is -2.59. The highest BCUT2D eigenvalue weighted by atomic mass is 35.5. The molecule has 0 saturated heterocycles. The van der Waals surface area contributed by atoms with Crippen molar-refractivity contribution in [3.63, 3.8) is 0 Å². The number of carbonyl (C=O) groups excluding carboxylic acids is 1. The molecule has 1 aliphatic rings. The number of hydrogen-bond donors (Lipinski definition) is 0. The van der Waals surface area contributed by atoms with E-state index in [4.69, 9.17) is 20.8 Å². The normalized spacial score (nSPS) is 13.0. The first-order chi connectivity index (χ1) is 11.6. The van der Waals surface area contributed by atoms with Gasteiger partial charge in [-0.25, -0.2) is 9.59 Å². The number of aryl methyl sites for hydroxylation is 1. The quantitative estimate of drug-likeness (QED) is 0.399. The van der Waals surface area contributed by atoms with Gasteiger partial charge in [0.25, 0.3) is 0 Å². The fraction of sp³-hybridized carbons (Fsp3) is 0.158. The fourth-order valence-electron chi connectivity index (χ4n) is 3.08. The average Bonchev–Trinajstić information content (AvgIpc) is 3.06. The van der Waals surface area contributed by atoms with Crippen molar-refractivity contribution in [3.05, 3.63) is 74.6 Å². The van der Waals surface area contributed by atoms with Crippen molar-refractivity contribution in [2.24, 2.45) is 0 Å². The maximum Gasteiger partial charge on any atom is 0.343 e. The van der Waals surface area contributed by atoms with Gasteiger partial charge in [-0.2, -0.15) is 0 Å². The molecule has 120 valence electrons. The molecule has 5 heteroatoms. The van der Waals surface area contributed by atoms with E-state index in [9.17, 15) is 9.59 Å². The summed E-state index contributed by atoms with van der Waals surface area (Å²) in [7, 11) is 0. The van der Waals surface area contributed by atoms with Gasteiger partial charge in [0.15, 0.2) is 0 Å². The molecule has 0 spiro atoms. The lowest BCUT2D eigenvalue weighted by atomic mass is 10.1. The third-order valence-corrected chi connectivity index (χ3v) is 4.49. The van der Waals surface area contributed by atoms with Gasteiger partial charge in [-0.1, -0.05) is 11.6 Å². The average molecular weight is 341 g/mol. The van der Waals surface area contributed by atoms with Crippen LogP contribution in [0.2, 0.25) is 5.02 Å². The van der Waals surface area contributed by atoms with Gasteiger partial charge in [0.05, 0.1) is 5.56 Å². The topological polar surface area (TPSA) is 56.5 Å². The van der Waals surface area contributed by atoms with Crippen molar-refractivity contribution in [2.45, 2.75) is 19.3 Å². The van der Waals surface area contributed by atoms with E-state index in [0.717, 1.165) is 35.8 Å². The van der Waals surface area contributed by atoms with Crippen LogP contribution in [0.3, 0.4) is 0 Å². The van der Waals surface area contributed by atoms with Crippen LogP contribution in [0.4, 0.5) is 0 Å². The molecule has 0 atom stereocenters. The summed E-state index contributed by atoms with van der Waals surface area (Å²) in [5.74, 6) is -0.155. The maximum absolute atomic E-state index is 12.2. The van der Waals surface area contributed by atoms with Crippen LogP contribution in [0.25, 0.3) is 11.0 Å². The Labute approximate surface area is 142 Å². The maximum atomic E-state index is 12.2. The Morgan fingerprint density at radius 2 is 1.79 bits per heavy atom.